The first-order valence-corrected chi connectivity index (χ1v) is 9.86. The monoisotopic (exact) mass is 447 g/mol. The van der Waals surface area contributed by atoms with Crippen molar-refractivity contribution in [2.45, 2.75) is 11.7 Å². The molecule has 0 aliphatic carbocycles. The summed E-state index contributed by atoms with van der Waals surface area (Å²) in [5.74, 6) is 0.353. The predicted octanol–water partition coefficient (Wildman–Crippen LogP) is 4.05. The van der Waals surface area contributed by atoms with E-state index in [-0.39, 0.29) is 18.2 Å². The van der Waals surface area contributed by atoms with Crippen molar-refractivity contribution in [1.82, 2.24) is 4.90 Å². The van der Waals surface area contributed by atoms with Crippen molar-refractivity contribution in [3.8, 4) is 5.75 Å². The average Bonchev–Trinajstić information content (AvgIpc) is 2.91. The smallest absolute Gasteiger partial charge is 0.242 e. The normalized spacial score (nSPS) is 18.0. The minimum absolute atomic E-state index is 0.0844. The zero-order chi connectivity index (χ0) is 19.4. The largest absolute Gasteiger partial charge is 0.497 e. The maximum absolute atomic E-state index is 12.5. The van der Waals surface area contributed by atoms with E-state index in [1.807, 2.05) is 30.3 Å². The molecule has 1 atom stereocenters. The molecule has 0 aromatic heterocycles. The van der Waals surface area contributed by atoms with Gasteiger partial charge in [-0.1, -0.05) is 33.8 Å². The van der Waals surface area contributed by atoms with Gasteiger partial charge in [0.25, 0.3) is 0 Å². The van der Waals surface area contributed by atoms with Crippen LogP contribution in [-0.4, -0.2) is 41.3 Å². The van der Waals surface area contributed by atoms with Gasteiger partial charge in [-0.25, -0.2) is 4.99 Å². The third-order valence-corrected chi connectivity index (χ3v) is 5.67. The number of carbonyl (C=O) groups is 2. The molecule has 1 saturated heterocycles. The topological polar surface area (TPSA) is 71.0 Å². The highest BCUT2D eigenvalue weighted by Crippen LogP contribution is 2.31. The minimum atomic E-state index is -0.491. The lowest BCUT2D eigenvalue weighted by Crippen LogP contribution is -2.30. The molecule has 0 bridgehead atoms. The Balaban J connectivity index is 1.67. The second-order valence-electron chi connectivity index (χ2n) is 5.86. The zero-order valence-corrected chi connectivity index (χ0v) is 17.2. The summed E-state index contributed by atoms with van der Waals surface area (Å²) in [5, 5.41) is 2.88. The van der Waals surface area contributed by atoms with Crippen molar-refractivity contribution in [3.05, 3.63) is 53.0 Å². The number of thioether (sulfide) groups is 1. The number of nitrogens with one attached hydrogen (secondary N) is 1. The van der Waals surface area contributed by atoms with Crippen molar-refractivity contribution >= 4 is 56.0 Å². The molecule has 1 heterocycles. The Kier molecular flexibility index (Phi) is 6.18. The molecule has 0 spiro atoms. The molecule has 3 rings (SSSR count). The Bertz CT molecular complexity index is 886. The van der Waals surface area contributed by atoms with Gasteiger partial charge in [-0.05, 0) is 36.4 Å². The van der Waals surface area contributed by atoms with Crippen molar-refractivity contribution in [1.29, 1.82) is 0 Å². The second kappa shape index (κ2) is 8.58. The Hall–Kier alpha value is -2.32. The van der Waals surface area contributed by atoms with E-state index in [9.17, 15) is 9.59 Å². The van der Waals surface area contributed by atoms with Crippen LogP contribution in [-0.2, 0) is 9.59 Å². The summed E-state index contributed by atoms with van der Waals surface area (Å²) in [6.07, 6.45) is 0.0844. The number of carbonyl (C=O) groups excluding carboxylic acids is 2. The SMILES string of the molecule is COc1cccc(N=C2S[C@@H](CC(=O)Nc3ccc(Br)cc3)C(=O)N2C)c1. The van der Waals surface area contributed by atoms with E-state index < -0.39 is 5.25 Å². The van der Waals surface area contributed by atoms with Gasteiger partial charge in [-0.3, -0.25) is 14.5 Å². The van der Waals surface area contributed by atoms with E-state index in [0.717, 1.165) is 4.47 Å². The summed E-state index contributed by atoms with van der Waals surface area (Å²) in [4.78, 5) is 30.8. The summed E-state index contributed by atoms with van der Waals surface area (Å²) in [7, 11) is 3.26. The molecular formula is C19H18BrN3O3S. The van der Waals surface area contributed by atoms with Gasteiger partial charge in [0.15, 0.2) is 5.17 Å². The lowest BCUT2D eigenvalue weighted by molar-refractivity contribution is -0.127. The van der Waals surface area contributed by atoms with Gasteiger partial charge in [0.05, 0.1) is 12.8 Å². The van der Waals surface area contributed by atoms with Crippen LogP contribution < -0.4 is 10.1 Å². The molecule has 0 radical (unpaired) electrons. The van der Waals surface area contributed by atoms with E-state index in [1.54, 1.807) is 32.4 Å². The number of ether oxygens (including phenoxy) is 1. The quantitative estimate of drug-likeness (QED) is 0.750. The molecule has 2 aromatic carbocycles. The number of amidine groups is 1. The number of hydrogen-bond acceptors (Lipinski definition) is 5. The van der Waals surface area contributed by atoms with Gasteiger partial charge in [0, 0.05) is 29.7 Å². The molecule has 1 N–H and O–H groups in total. The molecule has 1 aliphatic rings. The number of aliphatic imine (C=N–C) groups is 1. The fraction of sp³-hybridized carbons (Fsp3) is 0.211. The van der Waals surface area contributed by atoms with Crippen LogP contribution in [0.4, 0.5) is 11.4 Å². The summed E-state index contributed by atoms with van der Waals surface area (Å²) >= 11 is 4.65. The third-order valence-electron chi connectivity index (χ3n) is 3.92. The highest BCUT2D eigenvalue weighted by molar-refractivity contribution is 9.10. The van der Waals surface area contributed by atoms with Gasteiger partial charge >= 0.3 is 0 Å². The maximum atomic E-state index is 12.5. The van der Waals surface area contributed by atoms with Gasteiger partial charge in [-0.15, -0.1) is 0 Å². The lowest BCUT2D eigenvalue weighted by Gasteiger charge is -2.09. The van der Waals surface area contributed by atoms with E-state index in [1.165, 1.54) is 16.7 Å². The number of amides is 2. The van der Waals surface area contributed by atoms with Crippen LogP contribution in [0.25, 0.3) is 0 Å². The first-order chi connectivity index (χ1) is 13.0. The predicted molar refractivity (Wildman–Crippen MR) is 112 cm³/mol. The number of nitrogens with zero attached hydrogens (tertiary/aromatic N) is 2. The Labute approximate surface area is 170 Å². The number of methoxy groups -OCH3 is 1. The Morgan fingerprint density at radius 1 is 1.30 bits per heavy atom. The Morgan fingerprint density at radius 3 is 2.74 bits per heavy atom. The molecule has 2 amide bonds. The zero-order valence-electron chi connectivity index (χ0n) is 14.8. The highest BCUT2D eigenvalue weighted by Gasteiger charge is 2.37. The molecule has 27 heavy (non-hydrogen) atoms. The number of rotatable bonds is 5. The molecule has 140 valence electrons. The standard InChI is InChI=1S/C19H18BrN3O3S/c1-23-18(25)16(11-17(24)21-13-8-6-12(20)7-9-13)27-19(23)22-14-4-3-5-15(10-14)26-2/h3-10,16H,11H2,1-2H3,(H,21,24)/t16-/m0/s1. The van der Waals surface area contributed by atoms with Gasteiger partial charge < -0.3 is 10.1 Å². The van der Waals surface area contributed by atoms with Crippen LogP contribution in [0.1, 0.15) is 6.42 Å². The van der Waals surface area contributed by atoms with Crippen LogP contribution in [0.3, 0.4) is 0 Å². The van der Waals surface area contributed by atoms with E-state index in [2.05, 4.69) is 26.2 Å². The fourth-order valence-corrected chi connectivity index (χ4v) is 3.92. The fourth-order valence-electron chi connectivity index (χ4n) is 2.50. The van der Waals surface area contributed by atoms with Crippen molar-refractivity contribution < 1.29 is 14.3 Å². The van der Waals surface area contributed by atoms with Crippen LogP contribution in [0.15, 0.2) is 58.0 Å². The molecule has 1 aliphatic heterocycles. The molecule has 0 saturated carbocycles. The number of hydrogen-bond donors (Lipinski definition) is 1. The highest BCUT2D eigenvalue weighted by atomic mass is 79.9. The van der Waals surface area contributed by atoms with E-state index >= 15 is 0 Å². The van der Waals surface area contributed by atoms with Crippen LogP contribution >= 0.6 is 27.7 Å². The first kappa shape index (κ1) is 19.4. The summed E-state index contributed by atoms with van der Waals surface area (Å²) in [6.45, 7) is 0. The van der Waals surface area contributed by atoms with Gasteiger partial charge in [0.2, 0.25) is 11.8 Å². The minimum Gasteiger partial charge on any atom is -0.497 e. The number of halogens is 1. The molecule has 6 nitrogen and oxygen atoms in total. The lowest BCUT2D eigenvalue weighted by atomic mass is 10.2. The molecule has 2 aromatic rings. The number of benzene rings is 2. The van der Waals surface area contributed by atoms with Crippen molar-refractivity contribution in [2.24, 2.45) is 4.99 Å². The summed E-state index contributed by atoms with van der Waals surface area (Å²) in [6, 6.07) is 14.6. The molecule has 1 fully saturated rings. The summed E-state index contributed by atoms with van der Waals surface area (Å²) < 4.78 is 6.12. The van der Waals surface area contributed by atoms with E-state index in [0.29, 0.717) is 22.3 Å². The van der Waals surface area contributed by atoms with Crippen molar-refractivity contribution in [2.75, 3.05) is 19.5 Å². The van der Waals surface area contributed by atoms with Crippen LogP contribution in [0, 0.1) is 0 Å². The maximum Gasteiger partial charge on any atom is 0.242 e. The third kappa shape index (κ3) is 4.90. The van der Waals surface area contributed by atoms with Gasteiger partial charge in [0.1, 0.15) is 11.0 Å². The second-order valence-corrected chi connectivity index (χ2v) is 7.94. The number of anilines is 1. The van der Waals surface area contributed by atoms with Crippen LogP contribution in [0.5, 0.6) is 5.75 Å². The van der Waals surface area contributed by atoms with E-state index in [4.69, 9.17) is 4.74 Å². The van der Waals surface area contributed by atoms with Crippen molar-refractivity contribution in [3.63, 3.8) is 0 Å². The molecular weight excluding hydrogens is 430 g/mol. The van der Waals surface area contributed by atoms with Crippen LogP contribution in [0.2, 0.25) is 0 Å². The average molecular weight is 448 g/mol. The Morgan fingerprint density at radius 2 is 2.04 bits per heavy atom. The molecule has 8 heteroatoms. The van der Waals surface area contributed by atoms with Gasteiger partial charge in [-0.2, -0.15) is 0 Å². The first-order valence-electron chi connectivity index (χ1n) is 8.18. The summed E-state index contributed by atoms with van der Waals surface area (Å²) in [5.41, 5.74) is 1.38. The molecule has 0 unspecified atom stereocenters.